The lowest BCUT2D eigenvalue weighted by Crippen LogP contribution is -2.41. The molecule has 0 saturated heterocycles. The summed E-state index contributed by atoms with van der Waals surface area (Å²) in [5, 5.41) is 0. The Bertz CT molecular complexity index is 507. The summed E-state index contributed by atoms with van der Waals surface area (Å²) >= 11 is 0. The SMILES string of the molecule is CCCCCCCCCCCCCC(C)[n+]1cc[nH]c1C(CCC)CCCCCCCC. The first-order valence-corrected chi connectivity index (χ1v) is 14.8. The third-order valence-electron chi connectivity index (χ3n) is 7.37. The summed E-state index contributed by atoms with van der Waals surface area (Å²) in [6.45, 7) is 9.38. The first-order valence-electron chi connectivity index (χ1n) is 14.8. The van der Waals surface area contributed by atoms with Crippen LogP contribution in [-0.4, -0.2) is 4.98 Å². The first-order chi connectivity index (χ1) is 15.7. The van der Waals surface area contributed by atoms with Crippen LogP contribution in [0.25, 0.3) is 0 Å². The molecule has 0 fully saturated rings. The summed E-state index contributed by atoms with van der Waals surface area (Å²) in [5.41, 5.74) is 0. The topological polar surface area (TPSA) is 19.7 Å². The van der Waals surface area contributed by atoms with E-state index in [0.717, 1.165) is 0 Å². The zero-order valence-electron chi connectivity index (χ0n) is 22.6. The van der Waals surface area contributed by atoms with Crippen LogP contribution in [0.5, 0.6) is 0 Å². The number of imidazole rings is 1. The van der Waals surface area contributed by atoms with Crippen LogP contribution in [0.2, 0.25) is 0 Å². The molecular weight excluding hydrogens is 388 g/mol. The molecule has 0 aliphatic rings. The molecule has 2 heteroatoms. The van der Waals surface area contributed by atoms with Gasteiger partial charge >= 0.3 is 0 Å². The minimum Gasteiger partial charge on any atom is -0.247 e. The molecule has 0 amide bonds. The summed E-state index contributed by atoms with van der Waals surface area (Å²) < 4.78 is 2.58. The second-order valence-corrected chi connectivity index (χ2v) is 10.5. The summed E-state index contributed by atoms with van der Waals surface area (Å²) in [5.74, 6) is 2.21. The lowest BCUT2D eigenvalue weighted by Gasteiger charge is -2.16. The van der Waals surface area contributed by atoms with Crippen LogP contribution in [-0.2, 0) is 0 Å². The number of hydrogen-bond donors (Lipinski definition) is 1. The highest BCUT2D eigenvalue weighted by molar-refractivity contribution is 4.90. The molecule has 0 aliphatic carbocycles. The van der Waals surface area contributed by atoms with E-state index in [1.165, 1.54) is 141 Å². The molecule has 0 bridgehead atoms. The zero-order chi connectivity index (χ0) is 23.3. The Morgan fingerprint density at radius 1 is 0.594 bits per heavy atom. The van der Waals surface area contributed by atoms with Crippen LogP contribution in [0.15, 0.2) is 12.4 Å². The van der Waals surface area contributed by atoms with E-state index in [0.29, 0.717) is 12.0 Å². The molecule has 2 atom stereocenters. The predicted octanol–water partition coefficient (Wildman–Crippen LogP) is 10.2. The van der Waals surface area contributed by atoms with Gasteiger partial charge in [0.2, 0.25) is 0 Å². The molecule has 2 unspecified atom stereocenters. The lowest BCUT2D eigenvalue weighted by atomic mass is 9.94. The summed E-state index contributed by atoms with van der Waals surface area (Å²) in [4.78, 5) is 3.64. The Labute approximate surface area is 202 Å². The second-order valence-electron chi connectivity index (χ2n) is 10.5. The van der Waals surface area contributed by atoms with Crippen molar-refractivity contribution in [1.82, 2.24) is 4.98 Å². The summed E-state index contributed by atoms with van der Waals surface area (Å²) in [7, 11) is 0. The molecule has 1 N–H and O–H groups in total. The zero-order valence-corrected chi connectivity index (χ0v) is 22.6. The molecule has 1 aromatic rings. The molecule has 0 aromatic carbocycles. The van der Waals surface area contributed by atoms with E-state index in [-0.39, 0.29) is 0 Å². The Balaban J connectivity index is 2.26. The Hall–Kier alpha value is -0.790. The van der Waals surface area contributed by atoms with Crippen molar-refractivity contribution in [1.29, 1.82) is 0 Å². The van der Waals surface area contributed by atoms with Gasteiger partial charge in [-0.15, -0.1) is 0 Å². The number of rotatable bonds is 23. The van der Waals surface area contributed by atoms with Gasteiger partial charge in [0.05, 0.1) is 12.0 Å². The second kappa shape index (κ2) is 20.8. The van der Waals surface area contributed by atoms with E-state index >= 15 is 0 Å². The smallest absolute Gasteiger partial charge is 0.247 e. The highest BCUT2D eigenvalue weighted by Crippen LogP contribution is 2.26. The van der Waals surface area contributed by atoms with Crippen molar-refractivity contribution in [3.05, 3.63) is 18.2 Å². The maximum atomic E-state index is 3.64. The molecule has 0 radical (unpaired) electrons. The number of unbranched alkanes of at least 4 members (excludes halogenated alkanes) is 15. The van der Waals surface area contributed by atoms with Crippen molar-refractivity contribution in [2.24, 2.45) is 0 Å². The van der Waals surface area contributed by atoms with Gasteiger partial charge in [0.25, 0.3) is 5.82 Å². The van der Waals surface area contributed by atoms with Crippen LogP contribution in [0.1, 0.15) is 180 Å². The van der Waals surface area contributed by atoms with Gasteiger partial charge in [0.15, 0.2) is 0 Å². The van der Waals surface area contributed by atoms with Gasteiger partial charge in [0.1, 0.15) is 12.4 Å². The van der Waals surface area contributed by atoms with Crippen molar-refractivity contribution in [3.8, 4) is 0 Å². The Kier molecular flexibility index (Phi) is 19.0. The van der Waals surface area contributed by atoms with Crippen LogP contribution in [0.3, 0.4) is 0 Å². The fourth-order valence-corrected chi connectivity index (χ4v) is 5.25. The average Bonchev–Trinajstić information content (AvgIpc) is 3.29. The molecule has 1 rings (SSSR count). The van der Waals surface area contributed by atoms with Gasteiger partial charge in [-0.1, -0.05) is 130 Å². The third-order valence-corrected chi connectivity index (χ3v) is 7.37. The van der Waals surface area contributed by atoms with E-state index in [1.807, 2.05) is 0 Å². The number of H-pyrrole nitrogens is 1. The van der Waals surface area contributed by atoms with Crippen LogP contribution in [0, 0.1) is 0 Å². The van der Waals surface area contributed by atoms with Gasteiger partial charge in [-0.05, 0) is 32.6 Å². The third kappa shape index (κ3) is 13.7. The highest BCUT2D eigenvalue weighted by Gasteiger charge is 2.24. The molecule has 32 heavy (non-hydrogen) atoms. The number of nitrogens with one attached hydrogen (secondary N) is 1. The van der Waals surface area contributed by atoms with Crippen molar-refractivity contribution in [3.63, 3.8) is 0 Å². The quantitative estimate of drug-likeness (QED) is 0.127. The summed E-state index contributed by atoms with van der Waals surface area (Å²) in [6.07, 6.45) is 33.9. The number of nitrogens with zero attached hydrogens (tertiary/aromatic N) is 1. The van der Waals surface area contributed by atoms with Gasteiger partial charge in [-0.25, -0.2) is 9.55 Å². The van der Waals surface area contributed by atoms with Crippen molar-refractivity contribution < 1.29 is 4.57 Å². The van der Waals surface area contributed by atoms with E-state index < -0.39 is 0 Å². The minimum atomic E-state index is 0.624. The highest BCUT2D eigenvalue weighted by atomic mass is 15.1. The molecule has 1 aromatic heterocycles. The molecule has 0 saturated carbocycles. The number of aromatic amines is 1. The Morgan fingerprint density at radius 2 is 1.06 bits per heavy atom. The maximum Gasteiger partial charge on any atom is 0.257 e. The van der Waals surface area contributed by atoms with E-state index in [4.69, 9.17) is 0 Å². The maximum absolute atomic E-state index is 3.64. The number of aromatic nitrogens is 2. The van der Waals surface area contributed by atoms with Gasteiger partial charge < -0.3 is 0 Å². The molecule has 0 spiro atoms. The number of hydrogen-bond acceptors (Lipinski definition) is 0. The van der Waals surface area contributed by atoms with Crippen molar-refractivity contribution in [2.45, 2.75) is 174 Å². The van der Waals surface area contributed by atoms with E-state index in [1.54, 1.807) is 0 Å². The molecule has 1 heterocycles. The molecule has 2 nitrogen and oxygen atoms in total. The van der Waals surface area contributed by atoms with Crippen LogP contribution < -0.4 is 4.57 Å². The normalized spacial score (nSPS) is 13.5. The largest absolute Gasteiger partial charge is 0.257 e. The Morgan fingerprint density at radius 3 is 1.56 bits per heavy atom. The first kappa shape index (κ1) is 29.2. The molecule has 0 aliphatic heterocycles. The predicted molar refractivity (Wildman–Crippen MR) is 142 cm³/mol. The fourth-order valence-electron chi connectivity index (χ4n) is 5.25. The molecular formula is C30H59N2+. The molecule has 188 valence electrons. The summed E-state index contributed by atoms with van der Waals surface area (Å²) in [6, 6.07) is 0.624. The van der Waals surface area contributed by atoms with Crippen molar-refractivity contribution in [2.75, 3.05) is 0 Å². The van der Waals surface area contributed by atoms with Gasteiger partial charge in [0, 0.05) is 0 Å². The van der Waals surface area contributed by atoms with Crippen LogP contribution in [0.4, 0.5) is 0 Å². The standard InChI is InChI=1S/C30H58N2/c1-5-8-10-12-14-15-16-17-18-19-21-24-28(4)32-27-26-31-30(32)29(23-7-3)25-22-20-13-11-9-6-2/h26-29H,5-25H2,1-4H3/p+1. The van der Waals surface area contributed by atoms with Gasteiger partial charge in [-0.2, -0.15) is 0 Å². The monoisotopic (exact) mass is 447 g/mol. The van der Waals surface area contributed by atoms with E-state index in [2.05, 4.69) is 49.6 Å². The lowest BCUT2D eigenvalue weighted by molar-refractivity contribution is -0.727. The minimum absolute atomic E-state index is 0.624. The van der Waals surface area contributed by atoms with E-state index in [9.17, 15) is 0 Å². The van der Waals surface area contributed by atoms with Gasteiger partial charge in [-0.3, -0.25) is 0 Å². The van der Waals surface area contributed by atoms with Crippen LogP contribution >= 0.6 is 0 Å². The fraction of sp³-hybridized carbons (Fsp3) is 0.900. The average molecular weight is 448 g/mol. The van der Waals surface area contributed by atoms with Crippen molar-refractivity contribution >= 4 is 0 Å².